The smallest absolute Gasteiger partial charge is 0.248 e. The number of imidazole rings is 1. The Bertz CT molecular complexity index is 687. The number of benzene rings is 1. The molecule has 2 heterocycles. The van der Waals surface area contributed by atoms with Crippen molar-refractivity contribution in [1.82, 2.24) is 9.55 Å². The molecule has 0 radical (unpaired) electrons. The Morgan fingerprint density at radius 1 is 1.48 bits per heavy atom. The summed E-state index contributed by atoms with van der Waals surface area (Å²) in [6, 6.07) is 5.99. The van der Waals surface area contributed by atoms with Crippen LogP contribution < -0.4 is 10.6 Å². The Morgan fingerprint density at radius 2 is 2.38 bits per heavy atom. The van der Waals surface area contributed by atoms with Crippen molar-refractivity contribution in [1.29, 1.82) is 0 Å². The molecule has 1 aromatic carbocycles. The maximum atomic E-state index is 11.9. The van der Waals surface area contributed by atoms with Crippen LogP contribution in [-0.4, -0.2) is 22.0 Å². The number of hydrogen-bond donors (Lipinski definition) is 2. The molecule has 0 fully saturated rings. The van der Waals surface area contributed by atoms with E-state index in [2.05, 4.69) is 15.6 Å². The van der Waals surface area contributed by atoms with Gasteiger partial charge in [-0.1, -0.05) is 0 Å². The van der Waals surface area contributed by atoms with E-state index in [-0.39, 0.29) is 5.91 Å². The summed E-state index contributed by atoms with van der Waals surface area (Å²) in [7, 11) is 1.89. The number of nitrogens with one attached hydrogen (secondary N) is 2. The zero-order valence-corrected chi connectivity index (χ0v) is 12.0. The maximum absolute atomic E-state index is 11.9. The molecule has 21 heavy (non-hydrogen) atoms. The summed E-state index contributed by atoms with van der Waals surface area (Å²) in [6.07, 6.45) is 8.88. The number of rotatable bonds is 3. The molecule has 0 bridgehead atoms. The van der Waals surface area contributed by atoms with Gasteiger partial charge < -0.3 is 15.2 Å². The van der Waals surface area contributed by atoms with Gasteiger partial charge in [-0.3, -0.25) is 4.79 Å². The summed E-state index contributed by atoms with van der Waals surface area (Å²) in [6.45, 7) is 1.02. The lowest BCUT2D eigenvalue weighted by atomic mass is 10.0. The molecule has 0 saturated carbocycles. The van der Waals surface area contributed by atoms with Crippen LogP contribution in [0, 0.1) is 0 Å². The molecule has 0 spiro atoms. The molecule has 108 valence electrons. The highest BCUT2D eigenvalue weighted by Gasteiger charge is 2.09. The normalized spacial score (nSPS) is 13.8. The molecule has 5 nitrogen and oxygen atoms in total. The standard InChI is InChI=1S/C16H18N4O/c1-20-11-17-10-14(20)5-7-16(21)19-13-4-6-15-12(9-13)3-2-8-18-15/h4-7,9-11,18H,2-3,8H2,1H3,(H,19,21)/b7-5+. The van der Waals surface area contributed by atoms with E-state index in [4.69, 9.17) is 0 Å². The molecule has 1 aromatic heterocycles. The van der Waals surface area contributed by atoms with E-state index in [0.29, 0.717) is 0 Å². The van der Waals surface area contributed by atoms with Gasteiger partial charge >= 0.3 is 0 Å². The van der Waals surface area contributed by atoms with Crippen LogP contribution in [0.5, 0.6) is 0 Å². The van der Waals surface area contributed by atoms with Gasteiger partial charge in [0.2, 0.25) is 5.91 Å². The van der Waals surface area contributed by atoms with E-state index < -0.39 is 0 Å². The minimum Gasteiger partial charge on any atom is -0.385 e. The first-order valence-corrected chi connectivity index (χ1v) is 7.04. The molecule has 1 amide bonds. The fourth-order valence-corrected chi connectivity index (χ4v) is 2.43. The minimum absolute atomic E-state index is 0.139. The van der Waals surface area contributed by atoms with Crippen LogP contribution in [0.15, 0.2) is 36.8 Å². The first kappa shape index (κ1) is 13.4. The monoisotopic (exact) mass is 282 g/mol. The Balaban J connectivity index is 1.67. The molecule has 0 saturated heterocycles. The van der Waals surface area contributed by atoms with Crippen LogP contribution in [0.25, 0.3) is 6.08 Å². The van der Waals surface area contributed by atoms with Crippen LogP contribution in [0.3, 0.4) is 0 Å². The second-order valence-corrected chi connectivity index (χ2v) is 5.15. The minimum atomic E-state index is -0.139. The van der Waals surface area contributed by atoms with Crippen LogP contribution in [0.4, 0.5) is 11.4 Å². The van der Waals surface area contributed by atoms with Gasteiger partial charge in [0.05, 0.1) is 18.2 Å². The van der Waals surface area contributed by atoms with Crippen molar-refractivity contribution in [3.8, 4) is 0 Å². The van der Waals surface area contributed by atoms with Crippen molar-refractivity contribution < 1.29 is 4.79 Å². The molecule has 2 N–H and O–H groups in total. The number of hydrogen-bond acceptors (Lipinski definition) is 3. The number of carbonyl (C=O) groups excluding carboxylic acids is 1. The molecule has 0 unspecified atom stereocenters. The van der Waals surface area contributed by atoms with E-state index in [0.717, 1.165) is 30.8 Å². The number of amides is 1. The lowest BCUT2D eigenvalue weighted by molar-refractivity contribution is -0.111. The average Bonchev–Trinajstić information content (AvgIpc) is 2.90. The number of aromatic nitrogens is 2. The molecule has 0 atom stereocenters. The number of nitrogens with zero attached hydrogens (tertiary/aromatic N) is 2. The fourth-order valence-electron chi connectivity index (χ4n) is 2.43. The number of fused-ring (bicyclic) bond motifs is 1. The molecule has 1 aliphatic rings. The van der Waals surface area contributed by atoms with Crippen LogP contribution in [0.1, 0.15) is 17.7 Å². The topological polar surface area (TPSA) is 59.0 Å². The predicted octanol–water partition coefficient (Wildman–Crippen LogP) is 2.43. The Labute approximate surface area is 123 Å². The third-order valence-corrected chi connectivity index (χ3v) is 3.57. The van der Waals surface area contributed by atoms with Gasteiger partial charge in [0.1, 0.15) is 0 Å². The lowest BCUT2D eigenvalue weighted by Gasteiger charge is -2.18. The third-order valence-electron chi connectivity index (χ3n) is 3.57. The highest BCUT2D eigenvalue weighted by Crippen LogP contribution is 2.25. The summed E-state index contributed by atoms with van der Waals surface area (Å²) in [4.78, 5) is 15.9. The van der Waals surface area contributed by atoms with Crippen LogP contribution >= 0.6 is 0 Å². The Hall–Kier alpha value is -2.56. The van der Waals surface area contributed by atoms with E-state index in [1.165, 1.54) is 17.3 Å². The van der Waals surface area contributed by atoms with Gasteiger partial charge in [-0.2, -0.15) is 0 Å². The molecule has 2 aromatic rings. The van der Waals surface area contributed by atoms with Gasteiger partial charge in [-0.05, 0) is 42.7 Å². The largest absolute Gasteiger partial charge is 0.385 e. The fraction of sp³-hybridized carbons (Fsp3) is 0.250. The van der Waals surface area contributed by atoms with Gasteiger partial charge in [0.25, 0.3) is 0 Å². The molecule has 5 heteroatoms. The summed E-state index contributed by atoms with van der Waals surface area (Å²) >= 11 is 0. The molecule has 1 aliphatic heterocycles. The van der Waals surface area contributed by atoms with Crippen molar-refractivity contribution >= 4 is 23.4 Å². The summed E-state index contributed by atoms with van der Waals surface area (Å²) in [5, 5.41) is 6.25. The summed E-state index contributed by atoms with van der Waals surface area (Å²) < 4.78 is 1.86. The van der Waals surface area contributed by atoms with Crippen LogP contribution in [-0.2, 0) is 18.3 Å². The van der Waals surface area contributed by atoms with E-state index >= 15 is 0 Å². The van der Waals surface area contributed by atoms with Crippen molar-refractivity contribution in [2.75, 3.05) is 17.2 Å². The predicted molar refractivity (Wildman–Crippen MR) is 84.1 cm³/mol. The van der Waals surface area contributed by atoms with Gasteiger partial charge in [0.15, 0.2) is 0 Å². The number of carbonyl (C=O) groups is 1. The van der Waals surface area contributed by atoms with Crippen molar-refractivity contribution in [2.24, 2.45) is 7.05 Å². The molecule has 3 rings (SSSR count). The molecular formula is C16H18N4O. The summed E-state index contributed by atoms with van der Waals surface area (Å²) in [5.74, 6) is -0.139. The first-order valence-electron chi connectivity index (χ1n) is 7.04. The number of anilines is 2. The summed E-state index contributed by atoms with van der Waals surface area (Å²) in [5.41, 5.74) is 4.15. The zero-order valence-electron chi connectivity index (χ0n) is 12.0. The Kier molecular flexibility index (Phi) is 3.73. The maximum Gasteiger partial charge on any atom is 0.248 e. The lowest BCUT2D eigenvalue weighted by Crippen LogP contribution is -2.13. The highest BCUT2D eigenvalue weighted by molar-refractivity contribution is 6.02. The van der Waals surface area contributed by atoms with Gasteiger partial charge in [-0.25, -0.2) is 4.98 Å². The van der Waals surface area contributed by atoms with Crippen molar-refractivity contribution in [3.63, 3.8) is 0 Å². The average molecular weight is 282 g/mol. The van der Waals surface area contributed by atoms with Crippen LogP contribution in [0.2, 0.25) is 0 Å². The Morgan fingerprint density at radius 3 is 3.19 bits per heavy atom. The number of aryl methyl sites for hydroxylation is 2. The first-order chi connectivity index (χ1) is 10.2. The van der Waals surface area contributed by atoms with E-state index in [9.17, 15) is 4.79 Å². The van der Waals surface area contributed by atoms with Gasteiger partial charge in [-0.15, -0.1) is 0 Å². The van der Waals surface area contributed by atoms with E-state index in [1.807, 2.05) is 29.8 Å². The zero-order chi connectivity index (χ0) is 14.7. The second kappa shape index (κ2) is 5.83. The molecule has 0 aliphatic carbocycles. The van der Waals surface area contributed by atoms with Crippen molar-refractivity contribution in [3.05, 3.63) is 48.1 Å². The van der Waals surface area contributed by atoms with Crippen molar-refractivity contribution in [2.45, 2.75) is 12.8 Å². The molecular weight excluding hydrogens is 264 g/mol. The van der Waals surface area contributed by atoms with E-state index in [1.54, 1.807) is 18.6 Å². The second-order valence-electron chi connectivity index (χ2n) is 5.15. The quantitative estimate of drug-likeness (QED) is 0.850. The van der Waals surface area contributed by atoms with Gasteiger partial charge in [0, 0.05) is 31.0 Å². The highest BCUT2D eigenvalue weighted by atomic mass is 16.1. The SMILES string of the molecule is Cn1cncc1/C=C/C(=O)Nc1ccc2c(c1)CCCN2. The third kappa shape index (κ3) is 3.13.